The number of nitrogens with one attached hydrogen (secondary N) is 1. The predicted octanol–water partition coefficient (Wildman–Crippen LogP) is 6.98. The van der Waals surface area contributed by atoms with E-state index in [4.69, 9.17) is 4.74 Å². The lowest BCUT2D eigenvalue weighted by Gasteiger charge is -2.19. The van der Waals surface area contributed by atoms with E-state index < -0.39 is 0 Å². The zero-order valence-corrected chi connectivity index (χ0v) is 23.1. The van der Waals surface area contributed by atoms with E-state index in [-0.39, 0.29) is 17.1 Å². The summed E-state index contributed by atoms with van der Waals surface area (Å²) in [7, 11) is 0. The summed E-state index contributed by atoms with van der Waals surface area (Å²) in [6.45, 7) is 13.2. The minimum absolute atomic E-state index is 0.0610. The highest BCUT2D eigenvalue weighted by atomic mass is 32.2. The first-order valence-electron chi connectivity index (χ1n) is 12.4. The first-order chi connectivity index (χ1) is 17.7. The highest BCUT2D eigenvalue weighted by molar-refractivity contribution is 7.99. The normalized spacial score (nSPS) is 11.4. The van der Waals surface area contributed by atoms with Crippen molar-refractivity contribution in [3.05, 3.63) is 83.4 Å². The SMILES string of the molecule is CCOc1ccc(-n2c(SCC(=O)Nc3ccc(C)cc3C)nnc2-c2ccc(C(C)(C)C)cc2)cc1. The van der Waals surface area contributed by atoms with Crippen LogP contribution in [0.2, 0.25) is 0 Å². The number of hydrogen-bond donors (Lipinski definition) is 1. The fraction of sp³-hybridized carbons (Fsp3) is 0.300. The molecular formula is C30H34N4O2S. The van der Waals surface area contributed by atoms with E-state index in [1.54, 1.807) is 0 Å². The monoisotopic (exact) mass is 514 g/mol. The van der Waals surface area contributed by atoms with E-state index in [1.807, 2.05) is 61.7 Å². The van der Waals surface area contributed by atoms with Gasteiger partial charge in [0.2, 0.25) is 5.91 Å². The second-order valence-corrected chi connectivity index (χ2v) is 11.0. The number of rotatable bonds is 8. The van der Waals surface area contributed by atoms with E-state index in [9.17, 15) is 4.79 Å². The van der Waals surface area contributed by atoms with Crippen molar-refractivity contribution in [1.82, 2.24) is 14.8 Å². The van der Waals surface area contributed by atoms with Crippen LogP contribution in [0.1, 0.15) is 44.4 Å². The fourth-order valence-electron chi connectivity index (χ4n) is 4.03. The topological polar surface area (TPSA) is 69.0 Å². The number of ether oxygens (including phenoxy) is 1. The Kier molecular flexibility index (Phi) is 8.03. The Labute approximate surface area is 223 Å². The molecule has 0 bridgehead atoms. The molecule has 1 aromatic heterocycles. The molecule has 4 aromatic rings. The Morgan fingerprint density at radius 3 is 2.30 bits per heavy atom. The van der Waals surface area contributed by atoms with Gasteiger partial charge in [0, 0.05) is 16.9 Å². The summed E-state index contributed by atoms with van der Waals surface area (Å²) in [5.74, 6) is 1.65. The molecule has 0 atom stereocenters. The van der Waals surface area contributed by atoms with Crippen LogP contribution in [0, 0.1) is 13.8 Å². The van der Waals surface area contributed by atoms with Crippen LogP contribution >= 0.6 is 11.8 Å². The molecule has 7 heteroatoms. The molecule has 0 unspecified atom stereocenters. The number of hydrogen-bond acceptors (Lipinski definition) is 5. The lowest BCUT2D eigenvalue weighted by atomic mass is 9.87. The van der Waals surface area contributed by atoms with Crippen molar-refractivity contribution < 1.29 is 9.53 Å². The largest absolute Gasteiger partial charge is 0.494 e. The molecule has 6 nitrogen and oxygen atoms in total. The molecule has 0 spiro atoms. The quantitative estimate of drug-likeness (QED) is 0.257. The van der Waals surface area contributed by atoms with Crippen LogP contribution in [0.25, 0.3) is 17.1 Å². The van der Waals surface area contributed by atoms with Crippen molar-refractivity contribution in [3.8, 4) is 22.8 Å². The maximum absolute atomic E-state index is 12.8. The second kappa shape index (κ2) is 11.2. The zero-order chi connectivity index (χ0) is 26.6. The van der Waals surface area contributed by atoms with Crippen LogP contribution < -0.4 is 10.1 Å². The molecule has 0 aliphatic rings. The minimum Gasteiger partial charge on any atom is -0.494 e. The van der Waals surface area contributed by atoms with Crippen LogP contribution in [-0.4, -0.2) is 33.0 Å². The van der Waals surface area contributed by atoms with Gasteiger partial charge in [0.1, 0.15) is 5.75 Å². The molecule has 0 radical (unpaired) electrons. The average Bonchev–Trinajstić information content (AvgIpc) is 3.29. The summed E-state index contributed by atoms with van der Waals surface area (Å²) in [6, 6.07) is 22.3. The molecule has 0 fully saturated rings. The molecule has 3 aromatic carbocycles. The highest BCUT2D eigenvalue weighted by Crippen LogP contribution is 2.31. The van der Waals surface area contributed by atoms with E-state index in [0.717, 1.165) is 39.6 Å². The van der Waals surface area contributed by atoms with Gasteiger partial charge >= 0.3 is 0 Å². The van der Waals surface area contributed by atoms with Gasteiger partial charge in [0.15, 0.2) is 11.0 Å². The molecule has 1 N–H and O–H groups in total. The number of amides is 1. The van der Waals surface area contributed by atoms with Crippen molar-refractivity contribution in [2.75, 3.05) is 17.7 Å². The average molecular weight is 515 g/mol. The van der Waals surface area contributed by atoms with Crippen LogP contribution in [0.15, 0.2) is 71.9 Å². The number of aromatic nitrogens is 3. The summed E-state index contributed by atoms with van der Waals surface area (Å²) < 4.78 is 7.62. The number of anilines is 1. The van der Waals surface area contributed by atoms with E-state index in [0.29, 0.717) is 11.8 Å². The molecule has 0 aliphatic heterocycles. The number of carbonyl (C=O) groups is 1. The molecule has 0 saturated heterocycles. The third kappa shape index (κ3) is 6.41. The smallest absolute Gasteiger partial charge is 0.234 e. The number of carbonyl (C=O) groups excluding carboxylic acids is 1. The minimum atomic E-state index is -0.0886. The van der Waals surface area contributed by atoms with Gasteiger partial charge in [0.05, 0.1) is 12.4 Å². The van der Waals surface area contributed by atoms with Gasteiger partial charge in [-0.15, -0.1) is 10.2 Å². The van der Waals surface area contributed by atoms with Gasteiger partial charge in [0.25, 0.3) is 0 Å². The number of nitrogens with zero attached hydrogens (tertiary/aromatic N) is 3. The Balaban J connectivity index is 1.62. The molecule has 1 amide bonds. The lowest BCUT2D eigenvalue weighted by Crippen LogP contribution is -2.15. The summed E-state index contributed by atoms with van der Waals surface area (Å²) in [4.78, 5) is 12.8. The first-order valence-corrected chi connectivity index (χ1v) is 13.4. The lowest BCUT2D eigenvalue weighted by molar-refractivity contribution is -0.113. The van der Waals surface area contributed by atoms with Gasteiger partial charge < -0.3 is 10.1 Å². The molecule has 4 rings (SSSR count). The third-order valence-electron chi connectivity index (χ3n) is 6.04. The summed E-state index contributed by atoms with van der Waals surface area (Å²) in [5.41, 5.74) is 6.20. The van der Waals surface area contributed by atoms with Crippen molar-refractivity contribution in [3.63, 3.8) is 0 Å². The van der Waals surface area contributed by atoms with Crippen LogP contribution in [0.5, 0.6) is 5.75 Å². The summed E-state index contributed by atoms with van der Waals surface area (Å²) in [5, 5.41) is 12.7. The van der Waals surface area contributed by atoms with Gasteiger partial charge in [-0.05, 0) is 67.6 Å². The Bertz CT molecular complexity index is 1370. The van der Waals surface area contributed by atoms with Crippen molar-refractivity contribution in [2.45, 2.75) is 52.1 Å². The molecule has 0 saturated carbocycles. The van der Waals surface area contributed by atoms with Crippen molar-refractivity contribution in [1.29, 1.82) is 0 Å². The maximum atomic E-state index is 12.8. The van der Waals surface area contributed by atoms with E-state index in [2.05, 4.69) is 66.6 Å². The summed E-state index contributed by atoms with van der Waals surface area (Å²) in [6.07, 6.45) is 0. The van der Waals surface area contributed by atoms with Gasteiger partial charge in [-0.3, -0.25) is 9.36 Å². The Hall–Kier alpha value is -3.58. The fourth-order valence-corrected chi connectivity index (χ4v) is 4.78. The van der Waals surface area contributed by atoms with Crippen LogP contribution in [0.3, 0.4) is 0 Å². The molecule has 1 heterocycles. The zero-order valence-electron chi connectivity index (χ0n) is 22.3. The summed E-state index contributed by atoms with van der Waals surface area (Å²) >= 11 is 1.36. The first kappa shape index (κ1) is 26.5. The number of benzene rings is 3. The van der Waals surface area contributed by atoms with Crippen LogP contribution in [-0.2, 0) is 10.2 Å². The molecule has 37 heavy (non-hydrogen) atoms. The highest BCUT2D eigenvalue weighted by Gasteiger charge is 2.19. The predicted molar refractivity (Wildman–Crippen MR) is 152 cm³/mol. The van der Waals surface area contributed by atoms with Crippen molar-refractivity contribution >= 4 is 23.4 Å². The maximum Gasteiger partial charge on any atom is 0.234 e. The Morgan fingerprint density at radius 2 is 1.68 bits per heavy atom. The standard InChI is InChI=1S/C30H34N4O2S/c1-7-36-25-15-13-24(14-16-25)34-28(22-9-11-23(12-10-22)30(4,5)6)32-33-29(34)37-19-27(35)31-26-17-8-20(2)18-21(26)3/h8-18H,7,19H2,1-6H3,(H,31,35). The van der Waals surface area contributed by atoms with Gasteiger partial charge in [-0.2, -0.15) is 0 Å². The molecule has 0 aliphatic carbocycles. The molecular weight excluding hydrogens is 480 g/mol. The number of thioether (sulfide) groups is 1. The third-order valence-corrected chi connectivity index (χ3v) is 6.97. The van der Waals surface area contributed by atoms with E-state index in [1.165, 1.54) is 17.3 Å². The Morgan fingerprint density at radius 1 is 0.973 bits per heavy atom. The van der Waals surface area contributed by atoms with Gasteiger partial charge in [-0.25, -0.2) is 0 Å². The van der Waals surface area contributed by atoms with Gasteiger partial charge in [-0.1, -0.05) is 74.5 Å². The molecule has 192 valence electrons. The van der Waals surface area contributed by atoms with Crippen molar-refractivity contribution in [2.24, 2.45) is 0 Å². The number of aryl methyl sites for hydroxylation is 2. The second-order valence-electron chi connectivity index (χ2n) is 10.1. The van der Waals surface area contributed by atoms with Crippen LogP contribution in [0.4, 0.5) is 5.69 Å². The van der Waals surface area contributed by atoms with E-state index >= 15 is 0 Å².